The van der Waals surface area contributed by atoms with Gasteiger partial charge in [0.2, 0.25) is 0 Å². The number of nitriles is 1. The van der Waals surface area contributed by atoms with Crippen molar-refractivity contribution < 1.29 is 14.3 Å². The van der Waals surface area contributed by atoms with Crippen molar-refractivity contribution in [3.63, 3.8) is 0 Å². The Hall–Kier alpha value is -4.36. The number of carbonyl (C=O) groups excluding carboxylic acids is 1. The van der Waals surface area contributed by atoms with Crippen molar-refractivity contribution in [1.29, 1.82) is 5.26 Å². The molecule has 4 rings (SSSR count). The quantitative estimate of drug-likeness (QED) is 0.299. The molecule has 4 nitrogen and oxygen atoms in total. The van der Waals surface area contributed by atoms with E-state index in [0.29, 0.717) is 28.4 Å². The molecule has 144 valence electrons. The Labute approximate surface area is 174 Å². The summed E-state index contributed by atoms with van der Waals surface area (Å²) in [5.74, 6) is 1.02. The maximum atomic E-state index is 12.7. The Morgan fingerprint density at radius 1 is 0.667 bits per heavy atom. The van der Waals surface area contributed by atoms with E-state index in [9.17, 15) is 4.79 Å². The first-order valence-corrected chi connectivity index (χ1v) is 9.37. The number of benzene rings is 4. The molecule has 0 unspecified atom stereocenters. The zero-order valence-corrected chi connectivity index (χ0v) is 16.0. The standard InChI is InChI=1S/C26H17NO3/c27-18-19-10-12-20(13-11-19)21-14-16-23(17-15-21)30-26(28)24-8-4-5-9-25(24)29-22-6-2-1-3-7-22/h1-17H. The summed E-state index contributed by atoms with van der Waals surface area (Å²) in [6.07, 6.45) is 0. The average molecular weight is 391 g/mol. The largest absolute Gasteiger partial charge is 0.456 e. The van der Waals surface area contributed by atoms with Crippen molar-refractivity contribution in [2.75, 3.05) is 0 Å². The summed E-state index contributed by atoms with van der Waals surface area (Å²) in [6, 6.07) is 32.9. The Bertz CT molecular complexity index is 1190. The van der Waals surface area contributed by atoms with Gasteiger partial charge in [-0.1, -0.05) is 54.6 Å². The fraction of sp³-hybridized carbons (Fsp3) is 0. The molecule has 0 heterocycles. The molecule has 30 heavy (non-hydrogen) atoms. The van der Waals surface area contributed by atoms with Crippen LogP contribution in [0.1, 0.15) is 15.9 Å². The summed E-state index contributed by atoms with van der Waals surface area (Å²) in [5.41, 5.74) is 2.90. The zero-order valence-electron chi connectivity index (χ0n) is 16.0. The number of carbonyl (C=O) groups is 1. The molecule has 0 N–H and O–H groups in total. The minimum Gasteiger partial charge on any atom is -0.456 e. The van der Waals surface area contributed by atoms with E-state index in [-0.39, 0.29) is 0 Å². The molecule has 0 radical (unpaired) electrons. The highest BCUT2D eigenvalue weighted by molar-refractivity contribution is 5.94. The van der Waals surface area contributed by atoms with Crippen LogP contribution in [0.2, 0.25) is 0 Å². The van der Waals surface area contributed by atoms with Crippen LogP contribution in [0.15, 0.2) is 103 Å². The summed E-state index contributed by atoms with van der Waals surface area (Å²) in [7, 11) is 0. The molecule has 4 heteroatoms. The van der Waals surface area contributed by atoms with Crippen LogP contribution in [0.25, 0.3) is 11.1 Å². The molecule has 0 fully saturated rings. The third-order valence-electron chi connectivity index (χ3n) is 4.49. The van der Waals surface area contributed by atoms with Crippen LogP contribution in [-0.2, 0) is 0 Å². The molecule has 0 bridgehead atoms. The summed E-state index contributed by atoms with van der Waals surface area (Å²) < 4.78 is 11.4. The monoisotopic (exact) mass is 391 g/mol. The van der Waals surface area contributed by atoms with E-state index in [2.05, 4.69) is 6.07 Å². The van der Waals surface area contributed by atoms with E-state index in [1.165, 1.54) is 0 Å². The number of para-hydroxylation sites is 2. The van der Waals surface area contributed by atoms with Gasteiger partial charge < -0.3 is 9.47 Å². The number of esters is 1. The predicted molar refractivity (Wildman–Crippen MR) is 115 cm³/mol. The minimum atomic E-state index is -0.493. The lowest BCUT2D eigenvalue weighted by Crippen LogP contribution is -2.09. The SMILES string of the molecule is N#Cc1ccc(-c2ccc(OC(=O)c3ccccc3Oc3ccccc3)cc2)cc1. The van der Waals surface area contributed by atoms with Crippen molar-refractivity contribution >= 4 is 5.97 Å². The fourth-order valence-electron chi connectivity index (χ4n) is 2.95. The predicted octanol–water partition coefficient (Wildman–Crippen LogP) is 6.24. The lowest BCUT2D eigenvalue weighted by molar-refractivity contribution is 0.0732. The molecule has 0 atom stereocenters. The average Bonchev–Trinajstić information content (AvgIpc) is 2.81. The lowest BCUT2D eigenvalue weighted by atomic mass is 10.0. The van der Waals surface area contributed by atoms with Crippen LogP contribution in [0.3, 0.4) is 0 Å². The second-order valence-electron chi connectivity index (χ2n) is 6.51. The smallest absolute Gasteiger partial charge is 0.347 e. The van der Waals surface area contributed by atoms with Crippen LogP contribution in [-0.4, -0.2) is 5.97 Å². The van der Waals surface area contributed by atoms with Crippen LogP contribution in [0.4, 0.5) is 0 Å². The van der Waals surface area contributed by atoms with Gasteiger partial charge in [0.1, 0.15) is 22.8 Å². The van der Waals surface area contributed by atoms with E-state index >= 15 is 0 Å². The van der Waals surface area contributed by atoms with Gasteiger partial charge in [-0.2, -0.15) is 5.26 Å². The first-order valence-electron chi connectivity index (χ1n) is 9.37. The number of rotatable bonds is 5. The Morgan fingerprint density at radius 3 is 1.93 bits per heavy atom. The molecular formula is C26H17NO3. The summed E-state index contributed by atoms with van der Waals surface area (Å²) in [5, 5.41) is 8.91. The maximum Gasteiger partial charge on any atom is 0.347 e. The number of ether oxygens (including phenoxy) is 2. The summed E-state index contributed by atoms with van der Waals surface area (Å²) in [4.78, 5) is 12.7. The summed E-state index contributed by atoms with van der Waals surface area (Å²) >= 11 is 0. The second-order valence-corrected chi connectivity index (χ2v) is 6.51. The van der Waals surface area contributed by atoms with Crippen molar-refractivity contribution in [2.24, 2.45) is 0 Å². The lowest BCUT2D eigenvalue weighted by Gasteiger charge is -2.11. The zero-order chi connectivity index (χ0) is 20.8. The molecule has 0 aliphatic heterocycles. The van der Waals surface area contributed by atoms with Gasteiger partial charge in [-0.15, -0.1) is 0 Å². The topological polar surface area (TPSA) is 59.3 Å². The number of nitrogens with zero attached hydrogens (tertiary/aromatic N) is 1. The van der Waals surface area contributed by atoms with Crippen molar-refractivity contribution in [3.8, 4) is 34.4 Å². The van der Waals surface area contributed by atoms with Crippen molar-refractivity contribution in [3.05, 3.63) is 114 Å². The van der Waals surface area contributed by atoms with Crippen LogP contribution in [0, 0.1) is 11.3 Å². The van der Waals surface area contributed by atoms with E-state index in [0.717, 1.165) is 11.1 Å². The van der Waals surface area contributed by atoms with Gasteiger partial charge in [-0.25, -0.2) is 4.79 Å². The first-order chi connectivity index (χ1) is 14.7. The van der Waals surface area contributed by atoms with E-state index in [4.69, 9.17) is 14.7 Å². The molecule has 0 saturated carbocycles. The molecule has 0 aliphatic carbocycles. The summed E-state index contributed by atoms with van der Waals surface area (Å²) in [6.45, 7) is 0. The Balaban J connectivity index is 1.50. The minimum absolute atomic E-state index is 0.345. The third kappa shape index (κ3) is 4.37. The van der Waals surface area contributed by atoms with E-state index in [1.807, 2.05) is 54.6 Å². The van der Waals surface area contributed by atoms with Gasteiger partial charge in [-0.3, -0.25) is 0 Å². The van der Waals surface area contributed by atoms with Gasteiger partial charge >= 0.3 is 5.97 Å². The highest BCUT2D eigenvalue weighted by atomic mass is 16.5. The normalized spacial score (nSPS) is 10.1. The fourth-order valence-corrected chi connectivity index (χ4v) is 2.95. The van der Waals surface area contributed by atoms with Gasteiger partial charge in [0.25, 0.3) is 0 Å². The van der Waals surface area contributed by atoms with Gasteiger partial charge in [0.15, 0.2) is 0 Å². The van der Waals surface area contributed by atoms with Crippen molar-refractivity contribution in [2.45, 2.75) is 0 Å². The van der Waals surface area contributed by atoms with Crippen molar-refractivity contribution in [1.82, 2.24) is 0 Å². The second kappa shape index (κ2) is 8.76. The van der Waals surface area contributed by atoms with Crippen LogP contribution < -0.4 is 9.47 Å². The van der Waals surface area contributed by atoms with Crippen LogP contribution in [0.5, 0.6) is 17.2 Å². The van der Waals surface area contributed by atoms with E-state index < -0.39 is 5.97 Å². The highest BCUT2D eigenvalue weighted by Gasteiger charge is 2.15. The Morgan fingerprint density at radius 2 is 1.27 bits per heavy atom. The van der Waals surface area contributed by atoms with Gasteiger partial charge in [-0.05, 0) is 59.7 Å². The highest BCUT2D eigenvalue weighted by Crippen LogP contribution is 2.27. The number of hydrogen-bond acceptors (Lipinski definition) is 4. The molecule has 0 saturated heterocycles. The Kier molecular flexibility index (Phi) is 5.54. The maximum absolute atomic E-state index is 12.7. The van der Waals surface area contributed by atoms with Gasteiger partial charge in [0, 0.05) is 0 Å². The third-order valence-corrected chi connectivity index (χ3v) is 4.49. The molecule has 0 aromatic heterocycles. The molecule has 4 aromatic carbocycles. The molecule has 0 spiro atoms. The van der Waals surface area contributed by atoms with Crippen LogP contribution >= 0.6 is 0 Å². The molecular weight excluding hydrogens is 374 g/mol. The molecule has 4 aromatic rings. The molecule has 0 aliphatic rings. The van der Waals surface area contributed by atoms with E-state index in [1.54, 1.807) is 48.5 Å². The first kappa shape index (κ1) is 19.0. The van der Waals surface area contributed by atoms with Gasteiger partial charge in [0.05, 0.1) is 11.6 Å². The number of hydrogen-bond donors (Lipinski definition) is 0. The molecule has 0 amide bonds.